The molecule has 7 rings (SSSR count). The van der Waals surface area contributed by atoms with Gasteiger partial charge in [-0.2, -0.15) is 0 Å². The normalized spacial score (nSPS) is 35.1. The van der Waals surface area contributed by atoms with Crippen LogP contribution >= 0.6 is 0 Å². The molecule has 3 saturated heterocycles. The Kier molecular flexibility index (Phi) is 5.41. The molecule has 3 aliphatic heterocycles. The third kappa shape index (κ3) is 3.80. The Balaban J connectivity index is 1.19. The Morgan fingerprint density at radius 3 is 2.11 bits per heavy atom. The predicted octanol–water partition coefficient (Wildman–Crippen LogP) is 5.02. The number of nitrogens with one attached hydrogen (secondary N) is 1. The first kappa shape index (κ1) is 22.2. The van der Waals surface area contributed by atoms with Gasteiger partial charge in [-0.3, -0.25) is 4.79 Å². The average Bonchev–Trinajstić information content (AvgIpc) is 3.42. The van der Waals surface area contributed by atoms with Crippen molar-refractivity contribution in [3.8, 4) is 0 Å². The highest BCUT2D eigenvalue weighted by atomic mass is 16.9. The molecule has 0 unspecified atom stereocenters. The molecule has 7 heteroatoms. The molecule has 0 aromatic heterocycles. The molecule has 2 aromatic rings. The molecular formula is C28H33NO6. The summed E-state index contributed by atoms with van der Waals surface area (Å²) in [5, 5.41) is 5.17. The molecule has 5 aliphatic rings. The molecule has 2 aliphatic carbocycles. The zero-order valence-corrected chi connectivity index (χ0v) is 19.9. The van der Waals surface area contributed by atoms with E-state index in [0.29, 0.717) is 0 Å². The summed E-state index contributed by atoms with van der Waals surface area (Å²) in [5.41, 5.74) is 0.758. The van der Waals surface area contributed by atoms with Crippen LogP contribution in [0.4, 0.5) is 5.69 Å². The number of amides is 1. The predicted molar refractivity (Wildman–Crippen MR) is 129 cm³/mol. The van der Waals surface area contributed by atoms with Gasteiger partial charge in [-0.1, -0.05) is 49.2 Å². The van der Waals surface area contributed by atoms with Crippen LogP contribution < -0.4 is 5.32 Å². The summed E-state index contributed by atoms with van der Waals surface area (Å²) in [7, 11) is 0. The van der Waals surface area contributed by atoms with Crippen molar-refractivity contribution < 1.29 is 28.5 Å². The first-order valence-electron chi connectivity index (χ1n) is 13.3. The molecule has 1 amide bonds. The van der Waals surface area contributed by atoms with Crippen molar-refractivity contribution in [2.75, 3.05) is 5.32 Å². The highest BCUT2D eigenvalue weighted by molar-refractivity contribution is 6.03. The number of anilines is 1. The second-order valence-corrected chi connectivity index (χ2v) is 10.7. The number of carbonyl (C=O) groups excluding carboxylic acids is 1. The van der Waals surface area contributed by atoms with E-state index in [1.54, 1.807) is 0 Å². The number of fused-ring (bicyclic) bond motifs is 4. The summed E-state index contributed by atoms with van der Waals surface area (Å²) in [6.45, 7) is 0. The van der Waals surface area contributed by atoms with Crippen molar-refractivity contribution >= 4 is 22.4 Å². The fraction of sp³-hybridized carbons (Fsp3) is 0.607. The number of benzene rings is 2. The van der Waals surface area contributed by atoms with Crippen LogP contribution in [-0.2, 0) is 28.5 Å². The molecule has 1 N–H and O–H groups in total. The Labute approximate surface area is 205 Å². The van der Waals surface area contributed by atoms with Gasteiger partial charge >= 0.3 is 0 Å². The number of hydrogen-bond acceptors (Lipinski definition) is 6. The number of rotatable bonds is 2. The summed E-state index contributed by atoms with van der Waals surface area (Å²) >= 11 is 0. The van der Waals surface area contributed by atoms with E-state index in [0.717, 1.165) is 67.8 Å². The van der Waals surface area contributed by atoms with Crippen LogP contribution in [-0.4, -0.2) is 48.2 Å². The highest BCUT2D eigenvalue weighted by Gasteiger charge is 2.65. The molecule has 5 fully saturated rings. The quantitative estimate of drug-likeness (QED) is 0.652. The molecule has 3 heterocycles. The van der Waals surface area contributed by atoms with Gasteiger partial charge in [-0.15, -0.1) is 0 Å². The van der Waals surface area contributed by atoms with Crippen LogP contribution in [0.3, 0.4) is 0 Å². The Bertz CT molecular complexity index is 1100. The fourth-order valence-corrected chi connectivity index (χ4v) is 6.71. The molecule has 0 bridgehead atoms. The minimum absolute atomic E-state index is 0.237. The van der Waals surface area contributed by atoms with Gasteiger partial charge in [0.25, 0.3) is 5.91 Å². The van der Waals surface area contributed by atoms with E-state index in [2.05, 4.69) is 5.32 Å². The van der Waals surface area contributed by atoms with E-state index in [1.807, 2.05) is 42.5 Å². The number of carbonyl (C=O) groups is 1. The Morgan fingerprint density at radius 2 is 1.34 bits per heavy atom. The maximum Gasteiger partial charge on any atom is 0.256 e. The van der Waals surface area contributed by atoms with E-state index in [9.17, 15) is 4.79 Å². The van der Waals surface area contributed by atoms with E-state index >= 15 is 0 Å². The molecular weight excluding hydrogens is 446 g/mol. The van der Waals surface area contributed by atoms with Crippen LogP contribution in [0.2, 0.25) is 0 Å². The third-order valence-electron chi connectivity index (χ3n) is 8.42. The Morgan fingerprint density at radius 1 is 0.714 bits per heavy atom. The molecule has 186 valence electrons. The molecule has 2 aromatic carbocycles. The second kappa shape index (κ2) is 8.53. The van der Waals surface area contributed by atoms with Gasteiger partial charge in [-0.25, -0.2) is 0 Å². The monoisotopic (exact) mass is 479 g/mol. The SMILES string of the molecule is O=C(Nc1cccc2ccccc12)[C@@H]1O[C@H]2OC3(CCCCC3)O[C@@H]2[C@H]2OC3(CCCCC3)O[C@H]21. The summed E-state index contributed by atoms with van der Waals surface area (Å²) < 4.78 is 32.6. The fourth-order valence-electron chi connectivity index (χ4n) is 6.71. The van der Waals surface area contributed by atoms with Crippen LogP contribution in [0.1, 0.15) is 64.2 Å². The van der Waals surface area contributed by atoms with Crippen molar-refractivity contribution in [3.05, 3.63) is 42.5 Å². The van der Waals surface area contributed by atoms with Crippen molar-refractivity contribution in [2.45, 2.75) is 106 Å². The van der Waals surface area contributed by atoms with Gasteiger partial charge in [0.05, 0.1) is 0 Å². The lowest BCUT2D eigenvalue weighted by molar-refractivity contribution is -0.246. The van der Waals surface area contributed by atoms with Gasteiger partial charge in [0.2, 0.25) is 0 Å². The van der Waals surface area contributed by atoms with E-state index in [-0.39, 0.29) is 12.0 Å². The summed E-state index contributed by atoms with van der Waals surface area (Å²) in [6, 6.07) is 13.9. The molecule has 7 nitrogen and oxygen atoms in total. The maximum absolute atomic E-state index is 13.7. The van der Waals surface area contributed by atoms with Crippen LogP contribution in [0, 0.1) is 0 Å². The second-order valence-electron chi connectivity index (χ2n) is 10.7. The molecule has 0 radical (unpaired) electrons. The van der Waals surface area contributed by atoms with Crippen molar-refractivity contribution in [1.29, 1.82) is 0 Å². The first-order valence-corrected chi connectivity index (χ1v) is 13.3. The lowest BCUT2D eigenvalue weighted by Crippen LogP contribution is -2.58. The maximum atomic E-state index is 13.7. The van der Waals surface area contributed by atoms with Crippen LogP contribution in [0.25, 0.3) is 10.8 Å². The van der Waals surface area contributed by atoms with Gasteiger partial charge in [0.15, 0.2) is 24.0 Å². The minimum Gasteiger partial charge on any atom is -0.341 e. The van der Waals surface area contributed by atoms with Gasteiger partial charge in [0.1, 0.15) is 18.3 Å². The zero-order chi connectivity index (χ0) is 23.5. The zero-order valence-electron chi connectivity index (χ0n) is 19.9. The van der Waals surface area contributed by atoms with Gasteiger partial charge in [-0.05, 0) is 37.1 Å². The Hall–Kier alpha value is -2.03. The number of hydrogen-bond donors (Lipinski definition) is 1. The van der Waals surface area contributed by atoms with E-state index < -0.39 is 36.2 Å². The molecule has 2 saturated carbocycles. The molecule has 2 spiro atoms. The summed E-state index contributed by atoms with van der Waals surface area (Å²) in [5.74, 6) is -1.53. The van der Waals surface area contributed by atoms with E-state index in [1.165, 1.54) is 12.8 Å². The lowest BCUT2D eigenvalue weighted by atomic mass is 9.94. The van der Waals surface area contributed by atoms with E-state index in [4.69, 9.17) is 23.7 Å². The van der Waals surface area contributed by atoms with Crippen LogP contribution in [0.5, 0.6) is 0 Å². The largest absolute Gasteiger partial charge is 0.341 e. The first-order chi connectivity index (χ1) is 17.1. The highest BCUT2D eigenvalue weighted by Crippen LogP contribution is 2.51. The van der Waals surface area contributed by atoms with Crippen molar-refractivity contribution in [1.82, 2.24) is 0 Å². The standard InChI is InChI=1S/C28H33NO6/c30-25(29-20-13-9-11-18-10-3-4-12-19(18)20)23-21-22(33-27(32-21)14-5-1-6-15-27)24-26(31-23)35-28(34-24)16-7-2-8-17-28/h3-4,9-13,21-24,26H,1-2,5-8,14-17H2,(H,29,30)/t21-,22+,23-,24-,26+/m1/s1. The van der Waals surface area contributed by atoms with Gasteiger partial charge in [0, 0.05) is 36.8 Å². The van der Waals surface area contributed by atoms with Crippen molar-refractivity contribution in [3.63, 3.8) is 0 Å². The minimum atomic E-state index is -0.844. The lowest BCUT2D eigenvalue weighted by Gasteiger charge is -2.36. The molecule has 35 heavy (non-hydrogen) atoms. The third-order valence-corrected chi connectivity index (χ3v) is 8.42. The molecule has 5 atom stereocenters. The topological polar surface area (TPSA) is 75.3 Å². The smallest absolute Gasteiger partial charge is 0.256 e. The average molecular weight is 480 g/mol. The van der Waals surface area contributed by atoms with Crippen LogP contribution in [0.15, 0.2) is 42.5 Å². The van der Waals surface area contributed by atoms with Crippen molar-refractivity contribution in [2.24, 2.45) is 0 Å². The number of ether oxygens (including phenoxy) is 5. The summed E-state index contributed by atoms with van der Waals surface area (Å²) in [4.78, 5) is 13.7. The summed E-state index contributed by atoms with van der Waals surface area (Å²) in [6.07, 6.45) is 7.19. The van der Waals surface area contributed by atoms with Gasteiger partial charge < -0.3 is 29.0 Å².